The van der Waals surface area contributed by atoms with Gasteiger partial charge in [0.15, 0.2) is 22.5 Å². The van der Waals surface area contributed by atoms with Crippen LogP contribution in [0, 0.1) is 11.6 Å². The molecule has 0 aliphatic carbocycles. The van der Waals surface area contributed by atoms with Crippen LogP contribution in [0.25, 0.3) is 0 Å². The summed E-state index contributed by atoms with van der Waals surface area (Å²) in [6.45, 7) is 4.17. The van der Waals surface area contributed by atoms with Gasteiger partial charge in [-0.25, -0.2) is 23.4 Å². The molecule has 6 rings (SSSR count). The lowest BCUT2D eigenvalue weighted by Gasteiger charge is -2.38. The molecule has 0 unspecified atom stereocenters. The summed E-state index contributed by atoms with van der Waals surface area (Å²) in [5.74, 6) is -2.60. The van der Waals surface area contributed by atoms with Crippen molar-refractivity contribution in [2.75, 3.05) is 44.2 Å². The Bertz CT molecular complexity index is 1700. The number of carbonyl (C=O) groups excluding carboxylic acids is 3. The monoisotopic (exact) mass is 649 g/mol. The number of amides is 3. The summed E-state index contributed by atoms with van der Waals surface area (Å²) in [5.41, 5.74) is 8.04. The summed E-state index contributed by atoms with van der Waals surface area (Å²) >= 11 is 1.35. The minimum atomic E-state index is -1.04. The van der Waals surface area contributed by atoms with Crippen molar-refractivity contribution in [2.45, 2.75) is 31.8 Å². The number of nitrogens with zero attached hydrogens (tertiary/aromatic N) is 5. The highest BCUT2D eigenvalue weighted by Crippen LogP contribution is 2.34. The second-order valence-electron chi connectivity index (χ2n) is 11.2. The van der Waals surface area contributed by atoms with Gasteiger partial charge in [-0.3, -0.25) is 19.6 Å². The molecule has 0 saturated carbocycles. The highest BCUT2D eigenvalue weighted by atomic mass is 32.1. The van der Waals surface area contributed by atoms with Crippen LogP contribution in [0.5, 0.6) is 0 Å². The number of aryl methyl sites for hydroxylation is 1. The summed E-state index contributed by atoms with van der Waals surface area (Å²) in [5, 5.41) is 5.67. The Balaban J connectivity index is 1.25. The van der Waals surface area contributed by atoms with Gasteiger partial charge in [-0.05, 0) is 48.7 Å². The van der Waals surface area contributed by atoms with Gasteiger partial charge in [-0.2, -0.15) is 0 Å². The number of hydrogen-bond donors (Lipinski definition) is 2. The van der Waals surface area contributed by atoms with Crippen LogP contribution in [0.4, 0.5) is 19.3 Å². The molecule has 3 N–H and O–H groups in total. The summed E-state index contributed by atoms with van der Waals surface area (Å²) < 4.78 is 33.7. The highest BCUT2D eigenvalue weighted by molar-refractivity contribution is 7.11. The summed E-state index contributed by atoms with van der Waals surface area (Å²) in [7, 11) is 0. The van der Waals surface area contributed by atoms with Crippen LogP contribution in [0.1, 0.15) is 35.5 Å². The lowest BCUT2D eigenvalue weighted by atomic mass is 9.95. The molecule has 11 nitrogen and oxygen atoms in total. The van der Waals surface area contributed by atoms with Crippen molar-refractivity contribution in [1.29, 1.82) is 0 Å². The Morgan fingerprint density at radius 3 is 2.61 bits per heavy atom. The molecule has 4 heterocycles. The number of carbonyl (C=O) groups is 3. The first-order valence-corrected chi connectivity index (χ1v) is 15.9. The number of thiazole rings is 1. The van der Waals surface area contributed by atoms with Crippen molar-refractivity contribution in [3.63, 3.8) is 0 Å². The Kier molecular flexibility index (Phi) is 9.08. The normalized spacial score (nSPS) is 20.0. The van der Waals surface area contributed by atoms with E-state index in [1.54, 1.807) is 23.4 Å². The number of aromatic nitrogens is 1. The second kappa shape index (κ2) is 13.3. The number of primary amides is 1. The number of urea groups is 1. The lowest BCUT2D eigenvalue weighted by molar-refractivity contribution is -0.139. The molecule has 3 aliphatic heterocycles. The molecule has 240 valence electrons. The fraction of sp³-hybridized carbons (Fsp3) is 0.344. The lowest BCUT2D eigenvalue weighted by Crippen LogP contribution is -2.53. The number of hydrogen-bond acceptors (Lipinski definition) is 9. The number of halogens is 2. The first kappa shape index (κ1) is 31.3. The van der Waals surface area contributed by atoms with E-state index >= 15 is 0 Å². The molecule has 3 aromatic rings. The number of nitrogens with two attached hydrogens (primary N) is 1. The van der Waals surface area contributed by atoms with Crippen molar-refractivity contribution in [2.24, 2.45) is 10.7 Å². The van der Waals surface area contributed by atoms with E-state index in [-0.39, 0.29) is 36.6 Å². The van der Waals surface area contributed by atoms with Gasteiger partial charge in [0, 0.05) is 62.1 Å². The molecule has 2 saturated heterocycles. The zero-order chi connectivity index (χ0) is 32.4. The molecule has 0 bridgehead atoms. The number of ether oxygens (including phenoxy) is 1. The molecule has 0 radical (unpaired) electrons. The van der Waals surface area contributed by atoms with E-state index in [4.69, 9.17) is 15.5 Å². The Labute approximate surface area is 268 Å². The van der Waals surface area contributed by atoms with Gasteiger partial charge < -0.3 is 20.7 Å². The highest BCUT2D eigenvalue weighted by Gasteiger charge is 2.42. The number of rotatable bonds is 10. The van der Waals surface area contributed by atoms with Crippen molar-refractivity contribution in [1.82, 2.24) is 20.1 Å². The van der Waals surface area contributed by atoms with E-state index in [0.29, 0.717) is 61.2 Å². The van der Waals surface area contributed by atoms with E-state index in [1.807, 2.05) is 29.2 Å². The smallest absolute Gasteiger partial charge is 0.338 e. The molecule has 2 aromatic carbocycles. The summed E-state index contributed by atoms with van der Waals surface area (Å²) in [4.78, 5) is 52.8. The fourth-order valence-electron chi connectivity index (χ4n) is 6.01. The summed E-state index contributed by atoms with van der Waals surface area (Å²) in [6.07, 6.45) is 2.43. The minimum absolute atomic E-state index is 0.0756. The third-order valence-corrected chi connectivity index (χ3v) is 9.02. The van der Waals surface area contributed by atoms with Crippen molar-refractivity contribution in [3.05, 3.63) is 93.1 Å². The van der Waals surface area contributed by atoms with E-state index in [0.717, 1.165) is 23.4 Å². The van der Waals surface area contributed by atoms with Gasteiger partial charge in [0.1, 0.15) is 6.04 Å². The number of aliphatic imine (C=N–C) groups is 1. The van der Waals surface area contributed by atoms with Crippen LogP contribution < -0.4 is 16.0 Å². The Morgan fingerprint density at radius 2 is 1.91 bits per heavy atom. The third-order valence-electron chi connectivity index (χ3n) is 8.24. The van der Waals surface area contributed by atoms with Crippen LogP contribution in [0.3, 0.4) is 0 Å². The molecule has 2 fully saturated rings. The van der Waals surface area contributed by atoms with E-state index in [2.05, 4.69) is 15.2 Å². The molecule has 2 atom stereocenters. The second-order valence-corrected chi connectivity index (χ2v) is 12.1. The topological polar surface area (TPSA) is 133 Å². The van der Waals surface area contributed by atoms with Gasteiger partial charge in [0.05, 0.1) is 18.2 Å². The number of piperazine rings is 1. The predicted molar refractivity (Wildman–Crippen MR) is 168 cm³/mol. The number of fused-ring (bicyclic) bond motifs is 1. The van der Waals surface area contributed by atoms with Gasteiger partial charge in [-0.15, -0.1) is 11.3 Å². The molecular weight excluding hydrogens is 616 g/mol. The van der Waals surface area contributed by atoms with Crippen molar-refractivity contribution in [3.8, 4) is 0 Å². The van der Waals surface area contributed by atoms with E-state index in [1.165, 1.54) is 17.4 Å². The van der Waals surface area contributed by atoms with Gasteiger partial charge >= 0.3 is 12.0 Å². The maximum absolute atomic E-state index is 14.4. The number of amidine groups is 1. The van der Waals surface area contributed by atoms with Crippen molar-refractivity contribution >= 4 is 40.8 Å². The largest absolute Gasteiger partial charge is 0.463 e. The van der Waals surface area contributed by atoms with Crippen molar-refractivity contribution < 1.29 is 27.9 Å². The third kappa shape index (κ3) is 6.49. The van der Waals surface area contributed by atoms with Crippen LogP contribution >= 0.6 is 11.3 Å². The van der Waals surface area contributed by atoms with Crippen LogP contribution in [-0.4, -0.2) is 83.9 Å². The quantitative estimate of drug-likeness (QED) is 0.322. The first-order valence-electron chi connectivity index (χ1n) is 15.0. The number of anilines is 1. The Hall–Kier alpha value is -4.69. The Morgan fingerprint density at radius 1 is 1.11 bits per heavy atom. The molecule has 1 aromatic heterocycles. The van der Waals surface area contributed by atoms with Crippen LogP contribution in [0.2, 0.25) is 0 Å². The molecule has 46 heavy (non-hydrogen) atoms. The van der Waals surface area contributed by atoms with E-state index in [9.17, 15) is 23.2 Å². The zero-order valence-corrected chi connectivity index (χ0v) is 25.9. The van der Waals surface area contributed by atoms with Crippen LogP contribution in [0.15, 0.2) is 70.3 Å². The average Bonchev–Trinajstić information content (AvgIpc) is 3.70. The van der Waals surface area contributed by atoms with Gasteiger partial charge in [0.25, 0.3) is 0 Å². The number of esters is 1. The number of benzene rings is 2. The summed E-state index contributed by atoms with van der Waals surface area (Å²) in [6, 6.07) is 9.91. The van der Waals surface area contributed by atoms with Gasteiger partial charge in [0.2, 0.25) is 5.91 Å². The minimum Gasteiger partial charge on any atom is -0.463 e. The average molecular weight is 650 g/mol. The maximum Gasteiger partial charge on any atom is 0.338 e. The standard InChI is InChI=1S/C32H33F2N7O4S/c1-2-45-31(43)27-25(37-29(30-36-11-14-46-30)38-28(27)20-6-9-23(33)24(34)15-20)18-39-12-13-40-22(16-39)17-41(32(40)44)21-7-3-19(4-8-21)5-10-26(35)42/h3-4,6-9,11,14-15,22,28H,2,5,10,12-13,16-18H2,1H3,(H2,35,42)(H,37,38)/t22-,28-/m0/s1. The first-order chi connectivity index (χ1) is 22.2. The molecule has 0 spiro atoms. The van der Waals surface area contributed by atoms with Gasteiger partial charge in [-0.1, -0.05) is 18.2 Å². The molecule has 3 aliphatic rings. The number of nitrogens with one attached hydrogen (secondary N) is 1. The maximum atomic E-state index is 14.4. The molecule has 3 amide bonds. The molecular formula is C32H33F2N7O4S. The molecule has 14 heteroatoms. The SMILES string of the molecule is CCOC(=O)C1=C(CN2CCN3C(=O)N(c4ccc(CCC(N)=O)cc4)C[C@@H]3C2)NC(c2nccs2)=N[C@H]1c1ccc(F)c(F)c1. The fourth-order valence-corrected chi connectivity index (χ4v) is 6.59. The van der Waals surface area contributed by atoms with E-state index < -0.39 is 23.6 Å². The zero-order valence-electron chi connectivity index (χ0n) is 25.1. The van der Waals surface area contributed by atoms with Crippen LogP contribution in [-0.2, 0) is 20.7 Å². The predicted octanol–water partition coefficient (Wildman–Crippen LogP) is 3.37.